The molecule has 0 unspecified atom stereocenters. The summed E-state index contributed by atoms with van der Waals surface area (Å²) in [5, 5.41) is 2.10. The molecular weight excluding hydrogens is 356 g/mol. The molecule has 0 saturated carbocycles. The predicted octanol–water partition coefficient (Wildman–Crippen LogP) is 6.91. The van der Waals surface area contributed by atoms with Gasteiger partial charge >= 0.3 is 0 Å². The average Bonchev–Trinajstić information content (AvgIpc) is 3.12. The molecule has 0 N–H and O–H groups in total. The van der Waals surface area contributed by atoms with Crippen molar-refractivity contribution in [3.8, 4) is 22.4 Å². The largest absolute Gasteiger partial charge is 0.437 e. The van der Waals surface area contributed by atoms with Crippen LogP contribution in [0.2, 0.25) is 0 Å². The highest BCUT2D eigenvalue weighted by Gasteiger charge is 2.15. The summed E-state index contributed by atoms with van der Waals surface area (Å²) in [6.07, 6.45) is 4.80. The van der Waals surface area contributed by atoms with E-state index in [0.29, 0.717) is 11.6 Å². The van der Waals surface area contributed by atoms with Gasteiger partial charge in [0.15, 0.2) is 0 Å². The summed E-state index contributed by atoms with van der Waals surface area (Å²) in [6, 6.07) is 23.0. The molecular formula is C26H22N2O. The Balaban J connectivity index is 1.67. The van der Waals surface area contributed by atoms with E-state index in [1.165, 1.54) is 5.56 Å². The highest BCUT2D eigenvalue weighted by molar-refractivity contribution is 6.09. The lowest BCUT2D eigenvalue weighted by Gasteiger charge is -2.07. The zero-order chi connectivity index (χ0) is 19.8. The number of nitrogens with zero attached hydrogens (tertiary/aromatic N) is 2. The van der Waals surface area contributed by atoms with Crippen molar-refractivity contribution < 1.29 is 4.42 Å². The number of aromatic nitrogens is 2. The summed E-state index contributed by atoms with van der Waals surface area (Å²) in [6.45, 7) is 4.46. The highest BCUT2D eigenvalue weighted by Crippen LogP contribution is 2.36. The third-order valence-electron chi connectivity index (χ3n) is 5.21. The normalized spacial score (nSPS) is 11.6. The standard InChI is InChI=1S/C26H22N2O/c1-17(2)13-18-11-12-27-24(14-18)22-10-6-9-21-23-15-20(19-7-4-3-5-8-19)16-28-26(23)29-25(21)22/h3-12,14-17H,13H2,1-2H3. The van der Waals surface area contributed by atoms with Crippen LogP contribution in [0.15, 0.2) is 83.5 Å². The first-order chi connectivity index (χ1) is 14.2. The van der Waals surface area contributed by atoms with E-state index in [2.05, 4.69) is 72.3 Å². The van der Waals surface area contributed by atoms with Crippen molar-refractivity contribution in [1.29, 1.82) is 0 Å². The van der Waals surface area contributed by atoms with Gasteiger partial charge in [0.05, 0.1) is 5.69 Å². The van der Waals surface area contributed by atoms with Gasteiger partial charge in [-0.3, -0.25) is 4.98 Å². The Morgan fingerprint density at radius 2 is 1.69 bits per heavy atom. The molecule has 29 heavy (non-hydrogen) atoms. The number of benzene rings is 2. The molecule has 0 aliphatic carbocycles. The zero-order valence-corrected chi connectivity index (χ0v) is 16.6. The third-order valence-corrected chi connectivity index (χ3v) is 5.21. The summed E-state index contributed by atoms with van der Waals surface area (Å²) >= 11 is 0. The average molecular weight is 378 g/mol. The lowest BCUT2D eigenvalue weighted by atomic mass is 10.0. The van der Waals surface area contributed by atoms with Gasteiger partial charge in [0.1, 0.15) is 5.58 Å². The number of pyridine rings is 2. The molecule has 142 valence electrons. The summed E-state index contributed by atoms with van der Waals surface area (Å²) < 4.78 is 6.20. The summed E-state index contributed by atoms with van der Waals surface area (Å²) in [7, 11) is 0. The van der Waals surface area contributed by atoms with E-state index in [1.54, 1.807) is 0 Å². The molecule has 3 aromatic heterocycles. The van der Waals surface area contributed by atoms with Gasteiger partial charge in [-0.05, 0) is 47.7 Å². The molecule has 3 heterocycles. The van der Waals surface area contributed by atoms with Crippen LogP contribution in [0.3, 0.4) is 0 Å². The third kappa shape index (κ3) is 3.29. The quantitative estimate of drug-likeness (QED) is 0.341. The lowest BCUT2D eigenvalue weighted by molar-refractivity contribution is 0.646. The summed E-state index contributed by atoms with van der Waals surface area (Å²) in [4.78, 5) is 9.22. The van der Waals surface area contributed by atoms with Crippen LogP contribution in [0.1, 0.15) is 19.4 Å². The van der Waals surface area contributed by atoms with Crippen molar-refractivity contribution in [2.45, 2.75) is 20.3 Å². The van der Waals surface area contributed by atoms with Gasteiger partial charge in [0.25, 0.3) is 0 Å². The van der Waals surface area contributed by atoms with Crippen LogP contribution in [0.5, 0.6) is 0 Å². The molecule has 0 spiro atoms. The van der Waals surface area contributed by atoms with Crippen molar-refractivity contribution >= 4 is 22.1 Å². The predicted molar refractivity (Wildman–Crippen MR) is 119 cm³/mol. The first-order valence-electron chi connectivity index (χ1n) is 10.0. The number of furan rings is 1. The Kier molecular flexibility index (Phi) is 4.36. The van der Waals surface area contributed by atoms with E-state index in [-0.39, 0.29) is 0 Å². The maximum atomic E-state index is 6.20. The topological polar surface area (TPSA) is 38.9 Å². The summed E-state index contributed by atoms with van der Waals surface area (Å²) in [5.74, 6) is 0.604. The molecule has 2 aromatic carbocycles. The van der Waals surface area contributed by atoms with Gasteiger partial charge in [-0.15, -0.1) is 0 Å². The fourth-order valence-corrected chi connectivity index (χ4v) is 3.89. The minimum absolute atomic E-state index is 0.604. The number of hydrogen-bond donors (Lipinski definition) is 0. The van der Waals surface area contributed by atoms with Gasteiger partial charge in [0, 0.05) is 34.3 Å². The molecule has 0 aliphatic heterocycles. The Labute approximate surface area is 170 Å². The number of fused-ring (bicyclic) bond motifs is 3. The lowest BCUT2D eigenvalue weighted by Crippen LogP contribution is -1.95. The van der Waals surface area contributed by atoms with Crippen LogP contribution in [-0.4, -0.2) is 9.97 Å². The Morgan fingerprint density at radius 1 is 0.828 bits per heavy atom. The minimum atomic E-state index is 0.604. The maximum Gasteiger partial charge on any atom is 0.227 e. The van der Waals surface area contributed by atoms with Crippen molar-refractivity contribution in [3.63, 3.8) is 0 Å². The number of rotatable bonds is 4. The van der Waals surface area contributed by atoms with E-state index in [0.717, 1.165) is 45.2 Å². The molecule has 3 nitrogen and oxygen atoms in total. The van der Waals surface area contributed by atoms with Crippen LogP contribution in [-0.2, 0) is 6.42 Å². The second-order valence-corrected chi connectivity index (χ2v) is 7.87. The fraction of sp³-hybridized carbons (Fsp3) is 0.154. The second kappa shape index (κ2) is 7.17. The fourth-order valence-electron chi connectivity index (χ4n) is 3.89. The molecule has 5 aromatic rings. The first kappa shape index (κ1) is 17.6. The van der Waals surface area contributed by atoms with Crippen LogP contribution >= 0.6 is 0 Å². The molecule has 5 rings (SSSR count). The second-order valence-electron chi connectivity index (χ2n) is 7.87. The van der Waals surface area contributed by atoms with Crippen LogP contribution in [0.4, 0.5) is 0 Å². The van der Waals surface area contributed by atoms with Crippen molar-refractivity contribution in [2.24, 2.45) is 5.92 Å². The molecule has 0 fully saturated rings. The van der Waals surface area contributed by atoms with E-state index in [9.17, 15) is 0 Å². The maximum absolute atomic E-state index is 6.20. The van der Waals surface area contributed by atoms with Crippen LogP contribution < -0.4 is 0 Å². The Bertz CT molecular complexity index is 1300. The van der Waals surface area contributed by atoms with Crippen molar-refractivity contribution in [1.82, 2.24) is 9.97 Å². The van der Waals surface area contributed by atoms with Crippen molar-refractivity contribution in [3.05, 3.63) is 84.7 Å². The number of para-hydroxylation sites is 1. The smallest absolute Gasteiger partial charge is 0.227 e. The molecule has 0 amide bonds. The Hall–Kier alpha value is -3.46. The minimum Gasteiger partial charge on any atom is -0.437 e. The van der Waals surface area contributed by atoms with Gasteiger partial charge in [-0.1, -0.05) is 56.3 Å². The first-order valence-corrected chi connectivity index (χ1v) is 10.0. The van der Waals surface area contributed by atoms with Gasteiger partial charge in [-0.2, -0.15) is 0 Å². The van der Waals surface area contributed by atoms with Gasteiger partial charge < -0.3 is 4.42 Å². The van der Waals surface area contributed by atoms with E-state index in [4.69, 9.17) is 4.42 Å². The molecule has 0 aliphatic rings. The van der Waals surface area contributed by atoms with Crippen molar-refractivity contribution in [2.75, 3.05) is 0 Å². The molecule has 0 saturated heterocycles. The van der Waals surface area contributed by atoms with Gasteiger partial charge in [-0.25, -0.2) is 4.98 Å². The molecule has 0 radical (unpaired) electrons. The van der Waals surface area contributed by atoms with E-state index in [1.807, 2.05) is 30.6 Å². The molecule has 3 heteroatoms. The van der Waals surface area contributed by atoms with E-state index < -0.39 is 0 Å². The SMILES string of the molecule is CC(C)Cc1ccnc(-c2cccc3c2oc2ncc(-c4ccccc4)cc23)c1. The van der Waals surface area contributed by atoms with E-state index >= 15 is 0 Å². The van der Waals surface area contributed by atoms with Gasteiger partial charge in [0.2, 0.25) is 5.71 Å². The highest BCUT2D eigenvalue weighted by atomic mass is 16.3. The van der Waals surface area contributed by atoms with Crippen LogP contribution in [0, 0.1) is 5.92 Å². The molecule has 0 bridgehead atoms. The molecule has 0 atom stereocenters. The van der Waals surface area contributed by atoms with Crippen LogP contribution in [0.25, 0.3) is 44.5 Å². The monoisotopic (exact) mass is 378 g/mol. The summed E-state index contributed by atoms with van der Waals surface area (Å²) in [5.41, 5.74) is 6.98. The Morgan fingerprint density at radius 3 is 2.52 bits per heavy atom. The number of hydrogen-bond acceptors (Lipinski definition) is 3. The zero-order valence-electron chi connectivity index (χ0n) is 16.6.